The highest BCUT2D eigenvalue weighted by atomic mass is 19.1. The number of carbonyl (C=O) groups is 1. The molecular formula is C29H37F2N5O2. The second-order valence-corrected chi connectivity index (χ2v) is 9.63. The maximum absolute atomic E-state index is 14.4. The molecule has 3 aromatic rings. The second kappa shape index (κ2) is 13.6. The maximum atomic E-state index is 14.4. The van der Waals surface area contributed by atoms with Crippen LogP contribution in [0.25, 0.3) is 5.69 Å². The molecule has 1 heterocycles. The van der Waals surface area contributed by atoms with Gasteiger partial charge in [-0.3, -0.25) is 4.79 Å². The van der Waals surface area contributed by atoms with E-state index in [0.717, 1.165) is 30.3 Å². The van der Waals surface area contributed by atoms with Gasteiger partial charge < -0.3 is 25.3 Å². The fourth-order valence-electron chi connectivity index (χ4n) is 4.95. The number of halogens is 2. The van der Waals surface area contributed by atoms with E-state index in [1.54, 1.807) is 12.5 Å². The van der Waals surface area contributed by atoms with Crippen LogP contribution < -0.4 is 16.0 Å². The fourth-order valence-corrected chi connectivity index (χ4v) is 4.95. The van der Waals surface area contributed by atoms with Gasteiger partial charge in [0.05, 0.1) is 24.5 Å². The Labute approximate surface area is 223 Å². The van der Waals surface area contributed by atoms with Crippen molar-refractivity contribution in [2.75, 3.05) is 25.1 Å². The number of fused-ring (bicyclic) bond motifs is 1. The summed E-state index contributed by atoms with van der Waals surface area (Å²) in [7, 11) is 0. The molecule has 0 aliphatic heterocycles. The molecule has 0 saturated heterocycles. The first kappa shape index (κ1) is 27.9. The Morgan fingerprint density at radius 3 is 2.89 bits per heavy atom. The molecule has 2 aromatic carbocycles. The van der Waals surface area contributed by atoms with Crippen LogP contribution in [0, 0.1) is 11.6 Å². The Kier molecular flexibility index (Phi) is 9.98. The molecule has 1 aliphatic carbocycles. The van der Waals surface area contributed by atoms with Crippen LogP contribution in [-0.4, -0.2) is 47.3 Å². The number of ether oxygens (including phenoxy) is 1. The average molecular weight is 526 g/mol. The zero-order chi connectivity index (χ0) is 26.9. The SMILES string of the molecule is CCC[C@@H](N[C@H]1CCc2cc(F)cc(F)c2C1)C(=O)Nc1cn(-c2ccccc2CNCCOCC)cn1. The van der Waals surface area contributed by atoms with Gasteiger partial charge in [0, 0.05) is 31.8 Å². The molecule has 7 nitrogen and oxygen atoms in total. The number of anilines is 1. The molecule has 3 N–H and O–H groups in total. The van der Waals surface area contributed by atoms with Crippen molar-refractivity contribution in [3.8, 4) is 5.69 Å². The lowest BCUT2D eigenvalue weighted by atomic mass is 9.87. The number of rotatable bonds is 13. The summed E-state index contributed by atoms with van der Waals surface area (Å²) in [6.45, 7) is 6.80. The van der Waals surface area contributed by atoms with Gasteiger partial charge in [-0.2, -0.15) is 0 Å². The zero-order valence-electron chi connectivity index (χ0n) is 22.1. The van der Waals surface area contributed by atoms with Crippen LogP contribution in [0.1, 0.15) is 49.8 Å². The first-order chi connectivity index (χ1) is 18.5. The maximum Gasteiger partial charge on any atom is 0.242 e. The van der Waals surface area contributed by atoms with Crippen molar-refractivity contribution < 1.29 is 18.3 Å². The van der Waals surface area contributed by atoms with Crippen LogP contribution in [0.3, 0.4) is 0 Å². The summed E-state index contributed by atoms with van der Waals surface area (Å²) in [6.07, 6.45) is 6.67. The Hall–Kier alpha value is -3.14. The molecule has 2 atom stereocenters. The number of nitrogens with one attached hydrogen (secondary N) is 3. The molecule has 4 rings (SSSR count). The minimum Gasteiger partial charge on any atom is -0.380 e. The van der Waals surface area contributed by atoms with Gasteiger partial charge in [-0.1, -0.05) is 31.5 Å². The summed E-state index contributed by atoms with van der Waals surface area (Å²) < 4.78 is 35.2. The minimum atomic E-state index is -0.546. The van der Waals surface area contributed by atoms with Crippen LogP contribution in [0.15, 0.2) is 48.9 Å². The summed E-state index contributed by atoms with van der Waals surface area (Å²) >= 11 is 0. The van der Waals surface area contributed by atoms with E-state index in [1.165, 1.54) is 6.07 Å². The van der Waals surface area contributed by atoms with Crippen LogP contribution in [0.4, 0.5) is 14.6 Å². The predicted molar refractivity (Wildman–Crippen MR) is 144 cm³/mol. The second-order valence-electron chi connectivity index (χ2n) is 9.63. The van der Waals surface area contributed by atoms with Crippen molar-refractivity contribution in [1.29, 1.82) is 0 Å². The fraction of sp³-hybridized carbons (Fsp3) is 0.448. The summed E-state index contributed by atoms with van der Waals surface area (Å²) in [6, 6.07) is 9.88. The van der Waals surface area contributed by atoms with Gasteiger partial charge in [0.1, 0.15) is 18.0 Å². The van der Waals surface area contributed by atoms with Gasteiger partial charge in [-0.25, -0.2) is 13.8 Å². The van der Waals surface area contributed by atoms with E-state index in [2.05, 4.69) is 27.0 Å². The first-order valence-electron chi connectivity index (χ1n) is 13.4. The summed E-state index contributed by atoms with van der Waals surface area (Å²) in [5.41, 5.74) is 3.34. The lowest BCUT2D eigenvalue weighted by Gasteiger charge is -2.29. The predicted octanol–water partition coefficient (Wildman–Crippen LogP) is 4.53. The average Bonchev–Trinajstić information content (AvgIpc) is 3.37. The largest absolute Gasteiger partial charge is 0.380 e. The number of para-hydroxylation sites is 1. The van der Waals surface area contributed by atoms with Crippen LogP contribution in [0.2, 0.25) is 0 Å². The van der Waals surface area contributed by atoms with Gasteiger partial charge in [-0.15, -0.1) is 0 Å². The van der Waals surface area contributed by atoms with Crippen molar-refractivity contribution >= 4 is 11.7 Å². The summed E-state index contributed by atoms with van der Waals surface area (Å²) in [5, 5.41) is 9.75. The molecule has 0 spiro atoms. The molecule has 1 amide bonds. The highest BCUT2D eigenvalue weighted by molar-refractivity contribution is 5.94. The molecule has 0 fully saturated rings. The normalized spacial score (nSPS) is 15.7. The van der Waals surface area contributed by atoms with Gasteiger partial charge >= 0.3 is 0 Å². The molecule has 38 heavy (non-hydrogen) atoms. The van der Waals surface area contributed by atoms with E-state index in [4.69, 9.17) is 4.74 Å². The van der Waals surface area contributed by atoms with E-state index in [1.807, 2.05) is 36.6 Å². The lowest BCUT2D eigenvalue weighted by Crippen LogP contribution is -2.48. The quantitative estimate of drug-likeness (QED) is 0.286. The lowest BCUT2D eigenvalue weighted by molar-refractivity contribution is -0.118. The van der Waals surface area contributed by atoms with Crippen LogP contribution in [0.5, 0.6) is 0 Å². The van der Waals surface area contributed by atoms with Crippen molar-refractivity contribution in [3.05, 3.63) is 77.2 Å². The van der Waals surface area contributed by atoms with Crippen molar-refractivity contribution in [2.24, 2.45) is 0 Å². The summed E-state index contributed by atoms with van der Waals surface area (Å²) in [5.74, 6) is -0.769. The molecule has 0 radical (unpaired) electrons. The summed E-state index contributed by atoms with van der Waals surface area (Å²) in [4.78, 5) is 17.6. The van der Waals surface area contributed by atoms with E-state index < -0.39 is 17.7 Å². The third-order valence-electron chi connectivity index (χ3n) is 6.84. The van der Waals surface area contributed by atoms with Gasteiger partial charge in [0.15, 0.2) is 5.82 Å². The smallest absolute Gasteiger partial charge is 0.242 e. The number of nitrogens with zero attached hydrogens (tertiary/aromatic N) is 2. The number of imidazole rings is 1. The van der Waals surface area contributed by atoms with Crippen molar-refractivity contribution in [2.45, 2.75) is 64.6 Å². The van der Waals surface area contributed by atoms with Gasteiger partial charge in [0.2, 0.25) is 5.91 Å². The highest BCUT2D eigenvalue weighted by Gasteiger charge is 2.27. The Morgan fingerprint density at radius 2 is 2.08 bits per heavy atom. The van der Waals surface area contributed by atoms with Crippen LogP contribution >= 0.6 is 0 Å². The van der Waals surface area contributed by atoms with Gasteiger partial charge in [-0.05, 0) is 61.4 Å². The number of amides is 1. The molecule has 204 valence electrons. The Balaban J connectivity index is 1.38. The molecule has 1 aromatic heterocycles. The number of benzene rings is 2. The van der Waals surface area contributed by atoms with E-state index in [0.29, 0.717) is 62.4 Å². The minimum absolute atomic E-state index is 0.0654. The molecular weight excluding hydrogens is 488 g/mol. The number of aromatic nitrogens is 2. The number of hydrogen-bond donors (Lipinski definition) is 3. The molecule has 0 saturated carbocycles. The van der Waals surface area contributed by atoms with E-state index >= 15 is 0 Å². The molecule has 0 bridgehead atoms. The Morgan fingerprint density at radius 1 is 1.24 bits per heavy atom. The standard InChI is InChI=1S/C29H37F2N5O2/c1-3-7-26(34-23-11-10-20-14-22(30)15-25(31)24(20)16-23)29(37)35-28-18-36(19-33-28)27-9-6-5-8-21(27)17-32-12-13-38-4-2/h5-6,8-9,14-15,18-19,23,26,32,34H,3-4,7,10-13,16-17H2,1-2H3,(H,35,37)/t23-,26+/m0/s1. The monoisotopic (exact) mass is 525 g/mol. The molecule has 1 aliphatic rings. The third kappa shape index (κ3) is 7.24. The zero-order valence-corrected chi connectivity index (χ0v) is 22.1. The molecule has 9 heteroatoms. The topological polar surface area (TPSA) is 80.2 Å². The third-order valence-corrected chi connectivity index (χ3v) is 6.84. The van der Waals surface area contributed by atoms with Crippen LogP contribution in [-0.2, 0) is 28.9 Å². The van der Waals surface area contributed by atoms with Crippen molar-refractivity contribution in [1.82, 2.24) is 20.2 Å². The van der Waals surface area contributed by atoms with E-state index in [-0.39, 0.29) is 11.9 Å². The highest BCUT2D eigenvalue weighted by Crippen LogP contribution is 2.26. The number of carbonyl (C=O) groups excluding carboxylic acids is 1. The van der Waals surface area contributed by atoms with E-state index in [9.17, 15) is 13.6 Å². The first-order valence-corrected chi connectivity index (χ1v) is 13.4. The Bertz CT molecular complexity index is 1220. The number of aryl methyl sites for hydroxylation is 1. The van der Waals surface area contributed by atoms with Gasteiger partial charge in [0.25, 0.3) is 0 Å². The number of hydrogen-bond acceptors (Lipinski definition) is 5. The van der Waals surface area contributed by atoms with Crippen molar-refractivity contribution in [3.63, 3.8) is 0 Å². The molecule has 0 unspecified atom stereocenters.